The van der Waals surface area contributed by atoms with Gasteiger partial charge in [0.25, 0.3) is 5.56 Å². The number of amides is 1. The van der Waals surface area contributed by atoms with E-state index < -0.39 is 5.69 Å². The summed E-state index contributed by atoms with van der Waals surface area (Å²) in [6.45, 7) is 5.79. The van der Waals surface area contributed by atoms with Gasteiger partial charge >= 0.3 is 5.69 Å². The van der Waals surface area contributed by atoms with Gasteiger partial charge in [0.05, 0.1) is 11.2 Å². The molecular weight excluding hydrogens is 410 g/mol. The predicted octanol–water partition coefficient (Wildman–Crippen LogP) is 3.74. The number of para-hydroxylation sites is 1. The van der Waals surface area contributed by atoms with Gasteiger partial charge in [-0.2, -0.15) is 0 Å². The summed E-state index contributed by atoms with van der Waals surface area (Å²) < 4.78 is 2.93. The van der Waals surface area contributed by atoms with Crippen LogP contribution in [0.2, 0.25) is 0 Å². The van der Waals surface area contributed by atoms with Crippen LogP contribution in [0.1, 0.15) is 5.56 Å². The molecule has 4 aromatic rings. The molecule has 1 amide bonds. The number of aromatic nitrogens is 2. The standard InChI is InChI=1S/C24H21N3O3S/c1-3-14-25(18-7-5-4-6-8-18)21(28)16-26-20-13-15-31-22(20)23(29)27(24(26)30)19-11-9-17(2)10-12-19/h3-13,15H,1,14,16H2,2H3. The lowest BCUT2D eigenvalue weighted by Gasteiger charge is -2.22. The fourth-order valence-electron chi connectivity index (χ4n) is 3.47. The van der Waals surface area contributed by atoms with Crippen LogP contribution in [0.25, 0.3) is 15.9 Å². The summed E-state index contributed by atoms with van der Waals surface area (Å²) >= 11 is 1.26. The second kappa shape index (κ2) is 8.57. The van der Waals surface area contributed by atoms with Crippen LogP contribution in [0.15, 0.2) is 88.3 Å². The topological polar surface area (TPSA) is 64.3 Å². The molecule has 2 aromatic carbocycles. The molecule has 156 valence electrons. The van der Waals surface area contributed by atoms with E-state index in [-0.39, 0.29) is 18.0 Å². The van der Waals surface area contributed by atoms with Crippen molar-refractivity contribution in [1.29, 1.82) is 0 Å². The van der Waals surface area contributed by atoms with Gasteiger partial charge in [0.15, 0.2) is 0 Å². The molecule has 6 nitrogen and oxygen atoms in total. The number of carbonyl (C=O) groups excluding carboxylic acids is 1. The average molecular weight is 432 g/mol. The third-order valence-corrected chi connectivity index (χ3v) is 5.91. The lowest BCUT2D eigenvalue weighted by atomic mass is 10.2. The molecule has 2 heterocycles. The molecule has 0 saturated carbocycles. The summed E-state index contributed by atoms with van der Waals surface area (Å²) in [6, 6.07) is 18.1. The summed E-state index contributed by atoms with van der Waals surface area (Å²) in [7, 11) is 0. The van der Waals surface area contributed by atoms with Crippen LogP contribution in [0, 0.1) is 6.92 Å². The maximum absolute atomic E-state index is 13.4. The van der Waals surface area contributed by atoms with Crippen LogP contribution in [0.4, 0.5) is 5.69 Å². The van der Waals surface area contributed by atoms with Crippen molar-refractivity contribution in [2.24, 2.45) is 0 Å². The molecule has 0 aliphatic carbocycles. The quantitative estimate of drug-likeness (QED) is 0.437. The highest BCUT2D eigenvalue weighted by Crippen LogP contribution is 2.18. The zero-order valence-electron chi connectivity index (χ0n) is 17.0. The van der Waals surface area contributed by atoms with Crippen molar-refractivity contribution in [3.05, 3.63) is 105 Å². The minimum atomic E-state index is -0.542. The molecule has 0 unspecified atom stereocenters. The Morgan fingerprint density at radius 1 is 1.06 bits per heavy atom. The first-order valence-electron chi connectivity index (χ1n) is 9.77. The predicted molar refractivity (Wildman–Crippen MR) is 125 cm³/mol. The molecule has 2 aromatic heterocycles. The zero-order chi connectivity index (χ0) is 22.0. The van der Waals surface area contributed by atoms with Crippen LogP contribution in [0.3, 0.4) is 0 Å². The molecule has 31 heavy (non-hydrogen) atoms. The Bertz CT molecular complexity index is 1370. The van der Waals surface area contributed by atoms with Gasteiger partial charge < -0.3 is 4.90 Å². The van der Waals surface area contributed by atoms with Crippen molar-refractivity contribution >= 4 is 33.1 Å². The van der Waals surface area contributed by atoms with Crippen molar-refractivity contribution in [2.45, 2.75) is 13.5 Å². The van der Waals surface area contributed by atoms with Crippen LogP contribution >= 0.6 is 11.3 Å². The average Bonchev–Trinajstić information content (AvgIpc) is 3.27. The van der Waals surface area contributed by atoms with E-state index in [1.54, 1.807) is 34.6 Å². The lowest BCUT2D eigenvalue weighted by molar-refractivity contribution is -0.119. The monoisotopic (exact) mass is 431 g/mol. The SMILES string of the molecule is C=CCN(C(=O)Cn1c(=O)n(-c2ccc(C)cc2)c(=O)c2sccc21)c1ccccc1. The number of carbonyl (C=O) groups is 1. The normalized spacial score (nSPS) is 10.9. The van der Waals surface area contributed by atoms with Crippen molar-refractivity contribution in [3.8, 4) is 5.69 Å². The Hall–Kier alpha value is -3.71. The second-order valence-electron chi connectivity index (χ2n) is 7.11. The highest BCUT2D eigenvalue weighted by atomic mass is 32.1. The van der Waals surface area contributed by atoms with Crippen LogP contribution in [-0.4, -0.2) is 21.6 Å². The summed E-state index contributed by atoms with van der Waals surface area (Å²) in [5, 5.41) is 1.75. The summed E-state index contributed by atoms with van der Waals surface area (Å²) in [5.74, 6) is -0.269. The molecule has 0 radical (unpaired) electrons. The highest BCUT2D eigenvalue weighted by molar-refractivity contribution is 7.17. The second-order valence-corrected chi connectivity index (χ2v) is 8.02. The Balaban J connectivity index is 1.84. The Kier molecular flexibility index (Phi) is 5.68. The third kappa shape index (κ3) is 3.87. The molecule has 0 atom stereocenters. The van der Waals surface area contributed by atoms with Crippen molar-refractivity contribution < 1.29 is 4.79 Å². The van der Waals surface area contributed by atoms with Gasteiger partial charge in [-0.3, -0.25) is 14.2 Å². The zero-order valence-corrected chi connectivity index (χ0v) is 17.8. The smallest absolute Gasteiger partial charge is 0.307 e. The van der Waals surface area contributed by atoms with Gasteiger partial charge in [-0.05, 0) is 42.6 Å². The molecule has 7 heteroatoms. The van der Waals surface area contributed by atoms with Crippen molar-refractivity contribution in [2.75, 3.05) is 11.4 Å². The molecular formula is C24H21N3O3S. The molecule has 0 fully saturated rings. The highest BCUT2D eigenvalue weighted by Gasteiger charge is 2.20. The number of hydrogen-bond donors (Lipinski definition) is 0. The Morgan fingerprint density at radius 2 is 1.77 bits per heavy atom. The van der Waals surface area contributed by atoms with Crippen LogP contribution < -0.4 is 16.1 Å². The third-order valence-electron chi connectivity index (χ3n) is 5.02. The number of benzene rings is 2. The van der Waals surface area contributed by atoms with Crippen LogP contribution in [0.5, 0.6) is 0 Å². The first kappa shape index (κ1) is 20.6. The van der Waals surface area contributed by atoms with E-state index >= 15 is 0 Å². The number of fused-ring (bicyclic) bond motifs is 1. The number of anilines is 1. The molecule has 0 spiro atoms. The van der Waals surface area contributed by atoms with E-state index in [9.17, 15) is 14.4 Å². The summed E-state index contributed by atoms with van der Waals surface area (Å²) in [4.78, 5) is 41.2. The van der Waals surface area contributed by atoms with E-state index in [1.807, 2.05) is 49.4 Å². The molecule has 0 aliphatic heterocycles. The maximum atomic E-state index is 13.4. The van der Waals surface area contributed by atoms with Gasteiger partial charge in [-0.15, -0.1) is 17.9 Å². The first-order chi connectivity index (χ1) is 15.0. The van der Waals surface area contributed by atoms with Gasteiger partial charge in [0.2, 0.25) is 5.91 Å². The van der Waals surface area contributed by atoms with Gasteiger partial charge in [0.1, 0.15) is 11.2 Å². The molecule has 0 bridgehead atoms. The minimum absolute atomic E-state index is 0.194. The number of aryl methyl sites for hydroxylation is 1. The summed E-state index contributed by atoms with van der Waals surface area (Å²) in [6.07, 6.45) is 1.64. The van der Waals surface area contributed by atoms with Crippen molar-refractivity contribution in [1.82, 2.24) is 9.13 Å². The molecule has 0 saturated heterocycles. The van der Waals surface area contributed by atoms with Gasteiger partial charge in [-0.1, -0.05) is 42.0 Å². The first-order valence-corrected chi connectivity index (χ1v) is 10.7. The van der Waals surface area contributed by atoms with E-state index in [2.05, 4.69) is 6.58 Å². The van der Waals surface area contributed by atoms with E-state index in [4.69, 9.17) is 0 Å². The van der Waals surface area contributed by atoms with Gasteiger partial charge in [-0.25, -0.2) is 9.36 Å². The van der Waals surface area contributed by atoms with Gasteiger partial charge in [0, 0.05) is 12.2 Å². The number of thiophene rings is 1. The van der Waals surface area contributed by atoms with E-state index in [0.29, 0.717) is 28.1 Å². The lowest BCUT2D eigenvalue weighted by Crippen LogP contribution is -2.42. The largest absolute Gasteiger partial charge is 0.336 e. The Labute approximate surface area is 182 Å². The van der Waals surface area contributed by atoms with Crippen LogP contribution in [-0.2, 0) is 11.3 Å². The number of rotatable bonds is 6. The van der Waals surface area contributed by atoms with Crippen molar-refractivity contribution in [3.63, 3.8) is 0 Å². The Morgan fingerprint density at radius 3 is 2.45 bits per heavy atom. The molecule has 0 aliphatic rings. The fraction of sp³-hybridized carbons (Fsp3) is 0.125. The van der Waals surface area contributed by atoms with E-state index in [0.717, 1.165) is 10.1 Å². The number of hydrogen-bond acceptors (Lipinski definition) is 4. The molecule has 4 rings (SSSR count). The molecule has 0 N–H and O–H groups in total. The fourth-order valence-corrected chi connectivity index (χ4v) is 4.29. The minimum Gasteiger partial charge on any atom is -0.307 e. The summed E-state index contributed by atoms with van der Waals surface area (Å²) in [5.41, 5.74) is 1.75. The number of nitrogens with zero attached hydrogens (tertiary/aromatic N) is 3. The maximum Gasteiger partial charge on any atom is 0.336 e. The van der Waals surface area contributed by atoms with E-state index in [1.165, 1.54) is 15.9 Å².